The normalized spacial score (nSPS) is 11.5. The first-order chi connectivity index (χ1) is 12.1. The zero-order valence-electron chi connectivity index (χ0n) is 16.7. The van der Waals surface area contributed by atoms with Gasteiger partial charge in [-0.15, -0.1) is 0 Å². The Morgan fingerprint density at radius 3 is 2.35 bits per heavy atom. The molecule has 0 spiro atoms. The highest BCUT2D eigenvalue weighted by Gasteiger charge is 2.14. The Labute approximate surface area is 156 Å². The van der Waals surface area contributed by atoms with Gasteiger partial charge in [0.25, 0.3) is 5.91 Å². The molecule has 2 N–H and O–H groups in total. The predicted octanol–water partition coefficient (Wildman–Crippen LogP) is 4.79. The largest absolute Gasteiger partial charge is 0.370 e. The first kappa shape index (κ1) is 19.9. The van der Waals surface area contributed by atoms with Gasteiger partial charge in [0, 0.05) is 18.3 Å². The van der Waals surface area contributed by atoms with Crippen molar-refractivity contribution in [3.05, 3.63) is 47.4 Å². The van der Waals surface area contributed by atoms with Gasteiger partial charge in [-0.25, -0.2) is 9.97 Å². The van der Waals surface area contributed by atoms with Crippen molar-refractivity contribution in [2.75, 3.05) is 17.2 Å². The highest BCUT2D eigenvalue weighted by Crippen LogP contribution is 2.23. The van der Waals surface area contributed by atoms with Crippen LogP contribution in [-0.2, 0) is 5.41 Å². The lowest BCUT2D eigenvalue weighted by Crippen LogP contribution is -2.17. The first-order valence-electron chi connectivity index (χ1n) is 9.16. The van der Waals surface area contributed by atoms with Crippen molar-refractivity contribution in [3.63, 3.8) is 0 Å². The second-order valence-corrected chi connectivity index (χ2v) is 8.08. The molecule has 0 fully saturated rings. The van der Waals surface area contributed by atoms with Crippen LogP contribution in [0.4, 0.5) is 11.5 Å². The molecule has 1 aromatic carbocycles. The van der Waals surface area contributed by atoms with E-state index in [1.165, 1.54) is 5.56 Å². The maximum atomic E-state index is 12.6. The number of nitrogens with one attached hydrogen (secondary N) is 2. The maximum absolute atomic E-state index is 12.6. The Hall–Kier alpha value is -2.43. The molecule has 0 bridgehead atoms. The minimum Gasteiger partial charge on any atom is -0.370 e. The zero-order chi connectivity index (χ0) is 19.3. The van der Waals surface area contributed by atoms with Crippen LogP contribution in [0.5, 0.6) is 0 Å². The second-order valence-electron chi connectivity index (χ2n) is 8.08. The number of hydrogen-bond donors (Lipinski definition) is 2. The summed E-state index contributed by atoms with van der Waals surface area (Å²) in [4.78, 5) is 21.2. The van der Waals surface area contributed by atoms with Gasteiger partial charge in [0.05, 0.1) is 0 Å². The van der Waals surface area contributed by atoms with Crippen molar-refractivity contribution in [1.29, 1.82) is 0 Å². The second kappa shape index (κ2) is 8.30. The molecular weight excluding hydrogens is 324 g/mol. The fourth-order valence-corrected chi connectivity index (χ4v) is 2.51. The van der Waals surface area contributed by atoms with Crippen LogP contribution >= 0.6 is 0 Å². The first-order valence-corrected chi connectivity index (χ1v) is 9.16. The molecule has 0 aliphatic rings. The Bertz CT molecular complexity index is 746. The molecule has 26 heavy (non-hydrogen) atoms. The number of carbonyl (C=O) groups is 1. The monoisotopic (exact) mass is 354 g/mol. The quantitative estimate of drug-likeness (QED) is 0.782. The van der Waals surface area contributed by atoms with Gasteiger partial charge in [-0.1, -0.05) is 46.8 Å². The van der Waals surface area contributed by atoms with E-state index in [-0.39, 0.29) is 11.3 Å². The van der Waals surface area contributed by atoms with E-state index in [2.05, 4.69) is 55.2 Å². The molecule has 0 atom stereocenters. The summed E-state index contributed by atoms with van der Waals surface area (Å²) < 4.78 is 0. The lowest BCUT2D eigenvalue weighted by molar-refractivity contribution is 0.102. The molecule has 1 aromatic heterocycles. The molecule has 5 heteroatoms. The number of amides is 1. The highest BCUT2D eigenvalue weighted by molar-refractivity contribution is 6.03. The number of carbonyl (C=O) groups excluding carboxylic acids is 1. The maximum Gasteiger partial charge on any atom is 0.274 e. The molecule has 0 aliphatic heterocycles. The number of benzene rings is 1. The van der Waals surface area contributed by atoms with Crippen LogP contribution in [0.3, 0.4) is 0 Å². The van der Waals surface area contributed by atoms with Gasteiger partial charge in [-0.3, -0.25) is 4.79 Å². The Morgan fingerprint density at radius 1 is 1.12 bits per heavy atom. The van der Waals surface area contributed by atoms with Crippen molar-refractivity contribution < 1.29 is 4.79 Å². The van der Waals surface area contributed by atoms with Crippen LogP contribution in [0.15, 0.2) is 30.3 Å². The number of nitrogens with zero attached hydrogens (tertiary/aromatic N) is 2. The summed E-state index contributed by atoms with van der Waals surface area (Å²) in [5.74, 6) is 1.65. The Kier molecular flexibility index (Phi) is 6.35. The predicted molar refractivity (Wildman–Crippen MR) is 108 cm³/mol. The number of rotatable bonds is 6. The van der Waals surface area contributed by atoms with Gasteiger partial charge >= 0.3 is 0 Å². The SMILES string of the molecule is Cc1nc(NCCC(C)C)cc(C(=O)Nc2ccc(C(C)(C)C)cc2)n1. The number of hydrogen-bond acceptors (Lipinski definition) is 4. The van der Waals surface area contributed by atoms with E-state index in [1.807, 2.05) is 24.3 Å². The van der Waals surface area contributed by atoms with Crippen LogP contribution in [0.1, 0.15) is 62.9 Å². The zero-order valence-corrected chi connectivity index (χ0v) is 16.7. The van der Waals surface area contributed by atoms with Crippen LogP contribution in [-0.4, -0.2) is 22.4 Å². The van der Waals surface area contributed by atoms with E-state index in [1.54, 1.807) is 13.0 Å². The summed E-state index contributed by atoms with van der Waals surface area (Å²) in [6.07, 6.45) is 1.05. The van der Waals surface area contributed by atoms with Gasteiger partial charge in [0.2, 0.25) is 0 Å². The standard InChI is InChI=1S/C21H30N4O/c1-14(2)11-12-22-19-13-18(23-15(3)24-19)20(26)25-17-9-7-16(8-10-17)21(4,5)6/h7-10,13-14H,11-12H2,1-6H3,(H,25,26)(H,22,23,24). The Morgan fingerprint density at radius 2 is 1.77 bits per heavy atom. The average molecular weight is 354 g/mol. The third kappa shape index (κ3) is 5.83. The molecule has 0 aliphatic carbocycles. The molecule has 2 rings (SSSR count). The fraction of sp³-hybridized carbons (Fsp3) is 0.476. The van der Waals surface area contributed by atoms with Crippen molar-refractivity contribution in [2.24, 2.45) is 5.92 Å². The van der Waals surface area contributed by atoms with E-state index >= 15 is 0 Å². The molecule has 5 nitrogen and oxygen atoms in total. The van der Waals surface area contributed by atoms with E-state index in [0.29, 0.717) is 23.3 Å². The molecule has 0 saturated heterocycles. The van der Waals surface area contributed by atoms with Crippen molar-refractivity contribution >= 4 is 17.4 Å². The summed E-state index contributed by atoms with van der Waals surface area (Å²) in [5.41, 5.74) is 2.44. The smallest absolute Gasteiger partial charge is 0.274 e. The molecule has 140 valence electrons. The van der Waals surface area contributed by atoms with Crippen molar-refractivity contribution in [3.8, 4) is 0 Å². The van der Waals surface area contributed by atoms with Gasteiger partial charge in [-0.05, 0) is 42.4 Å². The fourth-order valence-electron chi connectivity index (χ4n) is 2.51. The molecule has 1 amide bonds. The van der Waals surface area contributed by atoms with Crippen LogP contribution in [0.25, 0.3) is 0 Å². The third-order valence-electron chi connectivity index (χ3n) is 4.11. The lowest BCUT2D eigenvalue weighted by atomic mass is 9.87. The summed E-state index contributed by atoms with van der Waals surface area (Å²) in [5, 5.41) is 6.18. The van der Waals surface area contributed by atoms with Gasteiger partial charge < -0.3 is 10.6 Å². The van der Waals surface area contributed by atoms with Gasteiger partial charge in [0.1, 0.15) is 17.3 Å². The summed E-state index contributed by atoms with van der Waals surface area (Å²) in [7, 11) is 0. The summed E-state index contributed by atoms with van der Waals surface area (Å²) in [6.45, 7) is 13.5. The molecular formula is C21H30N4O. The molecule has 0 saturated carbocycles. The van der Waals surface area contributed by atoms with E-state index in [4.69, 9.17) is 0 Å². The molecule has 0 unspecified atom stereocenters. The lowest BCUT2D eigenvalue weighted by Gasteiger charge is -2.19. The number of anilines is 2. The molecule has 2 aromatic rings. The van der Waals surface area contributed by atoms with Crippen LogP contribution < -0.4 is 10.6 Å². The molecule has 0 radical (unpaired) electrons. The third-order valence-corrected chi connectivity index (χ3v) is 4.11. The van der Waals surface area contributed by atoms with Crippen molar-refractivity contribution in [1.82, 2.24) is 9.97 Å². The minimum atomic E-state index is -0.231. The minimum absolute atomic E-state index is 0.0862. The van der Waals surface area contributed by atoms with E-state index in [9.17, 15) is 4.79 Å². The average Bonchev–Trinajstić information content (AvgIpc) is 2.53. The number of aryl methyl sites for hydroxylation is 1. The Balaban J connectivity index is 2.08. The van der Waals surface area contributed by atoms with Gasteiger partial charge in [0.15, 0.2) is 0 Å². The highest BCUT2D eigenvalue weighted by atomic mass is 16.1. The van der Waals surface area contributed by atoms with E-state index < -0.39 is 0 Å². The summed E-state index contributed by atoms with van der Waals surface area (Å²) >= 11 is 0. The van der Waals surface area contributed by atoms with Crippen LogP contribution in [0, 0.1) is 12.8 Å². The molecule has 1 heterocycles. The topological polar surface area (TPSA) is 66.9 Å². The van der Waals surface area contributed by atoms with Gasteiger partial charge in [-0.2, -0.15) is 0 Å². The van der Waals surface area contributed by atoms with E-state index in [0.717, 1.165) is 18.7 Å². The number of aromatic nitrogens is 2. The van der Waals surface area contributed by atoms with Crippen molar-refractivity contribution in [2.45, 2.75) is 53.4 Å². The summed E-state index contributed by atoms with van der Waals surface area (Å²) in [6, 6.07) is 9.63. The van der Waals surface area contributed by atoms with Crippen LogP contribution in [0.2, 0.25) is 0 Å².